The second-order valence-corrected chi connectivity index (χ2v) is 8.60. The Balaban J connectivity index is 1.62. The molecule has 12 heteroatoms. The van der Waals surface area contributed by atoms with Gasteiger partial charge >= 0.3 is 5.97 Å². The van der Waals surface area contributed by atoms with Gasteiger partial charge in [-0.2, -0.15) is 0 Å². The first-order chi connectivity index (χ1) is 17.2. The van der Waals surface area contributed by atoms with Crippen molar-refractivity contribution in [2.24, 2.45) is 5.92 Å². The van der Waals surface area contributed by atoms with E-state index in [0.29, 0.717) is 18.6 Å². The largest absolute Gasteiger partial charge is 0.481 e. The molecule has 1 aliphatic rings. The van der Waals surface area contributed by atoms with Crippen LogP contribution >= 0.6 is 0 Å². The SMILES string of the molecule is O=C(O)C(CCc1ccccc1)[C@@H]1OC(CO)[C@H](O)[C@H](n2cc(-c3cc(F)c(F)c(F)c3)nn2)C1O. The Labute approximate surface area is 203 Å². The molecule has 0 amide bonds. The number of rotatable bonds is 8. The van der Waals surface area contributed by atoms with E-state index in [1.807, 2.05) is 30.3 Å². The first-order valence-electron chi connectivity index (χ1n) is 11.2. The lowest BCUT2D eigenvalue weighted by atomic mass is 9.83. The van der Waals surface area contributed by atoms with E-state index in [-0.39, 0.29) is 17.7 Å². The van der Waals surface area contributed by atoms with Crippen LogP contribution in [0.25, 0.3) is 11.3 Å². The van der Waals surface area contributed by atoms with Crippen LogP contribution in [0.4, 0.5) is 13.2 Å². The van der Waals surface area contributed by atoms with Gasteiger partial charge in [0.15, 0.2) is 17.5 Å². The van der Waals surface area contributed by atoms with Crippen molar-refractivity contribution >= 4 is 5.97 Å². The van der Waals surface area contributed by atoms with E-state index in [1.165, 1.54) is 6.20 Å². The van der Waals surface area contributed by atoms with Crippen LogP contribution in [0, 0.1) is 23.4 Å². The highest BCUT2D eigenvalue weighted by Crippen LogP contribution is 2.35. The lowest BCUT2D eigenvalue weighted by Gasteiger charge is -2.44. The van der Waals surface area contributed by atoms with Crippen molar-refractivity contribution in [3.05, 3.63) is 71.7 Å². The molecule has 1 fully saturated rings. The standard InChI is InChI=1S/C24H24F3N3O6/c25-15-8-13(9-16(26)19(15)27)17-10-30(29-28-17)20-21(32)18(11-31)36-23(22(20)33)14(24(34)35)7-6-12-4-2-1-3-5-12/h1-5,8-10,14,18,20-23,31-33H,6-7,11H2,(H,34,35)/t14?,18?,20-,21-,22?,23-/m0/s1. The minimum Gasteiger partial charge on any atom is -0.481 e. The Morgan fingerprint density at radius 3 is 2.36 bits per heavy atom. The van der Waals surface area contributed by atoms with Gasteiger partial charge in [-0.05, 0) is 30.5 Å². The summed E-state index contributed by atoms with van der Waals surface area (Å²) in [6.07, 6.45) is -4.08. The average molecular weight is 507 g/mol. The van der Waals surface area contributed by atoms with E-state index in [4.69, 9.17) is 4.74 Å². The van der Waals surface area contributed by atoms with Crippen LogP contribution in [-0.4, -0.2) is 72.4 Å². The minimum absolute atomic E-state index is 0.0883. The Hall–Kier alpha value is -3.32. The molecule has 4 N–H and O–H groups in total. The van der Waals surface area contributed by atoms with E-state index < -0.39 is 66.4 Å². The van der Waals surface area contributed by atoms with Crippen LogP contribution in [0.1, 0.15) is 18.0 Å². The molecule has 9 nitrogen and oxygen atoms in total. The second kappa shape index (κ2) is 10.7. The molecule has 36 heavy (non-hydrogen) atoms. The summed E-state index contributed by atoms with van der Waals surface area (Å²) in [5, 5.41) is 49.1. The summed E-state index contributed by atoms with van der Waals surface area (Å²) in [6, 6.07) is 9.23. The van der Waals surface area contributed by atoms with Gasteiger partial charge in [-0.15, -0.1) is 5.10 Å². The van der Waals surface area contributed by atoms with Crippen molar-refractivity contribution in [2.75, 3.05) is 6.61 Å². The molecule has 1 saturated heterocycles. The number of aryl methyl sites for hydroxylation is 1. The van der Waals surface area contributed by atoms with E-state index >= 15 is 0 Å². The predicted octanol–water partition coefficient (Wildman–Crippen LogP) is 1.72. The monoisotopic (exact) mass is 507 g/mol. The number of carboxylic acid groups (broad SMARTS) is 1. The van der Waals surface area contributed by atoms with Gasteiger partial charge in [0.25, 0.3) is 0 Å². The highest BCUT2D eigenvalue weighted by molar-refractivity contribution is 5.71. The molecular weight excluding hydrogens is 483 g/mol. The number of hydrogen-bond donors (Lipinski definition) is 4. The fourth-order valence-electron chi connectivity index (χ4n) is 4.43. The predicted molar refractivity (Wildman–Crippen MR) is 118 cm³/mol. The number of benzene rings is 2. The lowest BCUT2D eigenvalue weighted by molar-refractivity contribution is -0.222. The van der Waals surface area contributed by atoms with E-state index in [0.717, 1.165) is 10.2 Å². The number of nitrogens with zero attached hydrogens (tertiary/aromatic N) is 3. The van der Waals surface area contributed by atoms with Gasteiger partial charge in [0.1, 0.15) is 30.0 Å². The second-order valence-electron chi connectivity index (χ2n) is 8.60. The van der Waals surface area contributed by atoms with Gasteiger partial charge in [-0.1, -0.05) is 35.5 Å². The van der Waals surface area contributed by atoms with Crippen LogP contribution < -0.4 is 0 Å². The van der Waals surface area contributed by atoms with Crippen LogP contribution in [-0.2, 0) is 16.0 Å². The zero-order valence-corrected chi connectivity index (χ0v) is 18.8. The third kappa shape index (κ3) is 5.12. The van der Waals surface area contributed by atoms with Gasteiger partial charge in [-0.25, -0.2) is 17.9 Å². The number of carboxylic acids is 1. The first kappa shape index (κ1) is 25.8. The lowest BCUT2D eigenvalue weighted by Crippen LogP contribution is -2.59. The highest BCUT2D eigenvalue weighted by Gasteiger charge is 2.50. The van der Waals surface area contributed by atoms with Crippen molar-refractivity contribution < 1.29 is 43.1 Å². The molecule has 0 aliphatic carbocycles. The molecule has 2 aromatic carbocycles. The maximum atomic E-state index is 13.7. The zero-order valence-electron chi connectivity index (χ0n) is 18.8. The van der Waals surface area contributed by atoms with Crippen molar-refractivity contribution in [3.8, 4) is 11.3 Å². The van der Waals surface area contributed by atoms with Gasteiger partial charge in [-0.3, -0.25) is 4.79 Å². The molecule has 0 bridgehead atoms. The Bertz CT molecular complexity index is 1190. The van der Waals surface area contributed by atoms with E-state index in [9.17, 15) is 38.4 Å². The maximum Gasteiger partial charge on any atom is 0.309 e. The fraction of sp³-hybridized carbons (Fsp3) is 0.375. The van der Waals surface area contributed by atoms with Gasteiger partial charge in [0.2, 0.25) is 0 Å². The molecule has 0 radical (unpaired) electrons. The molecule has 4 rings (SSSR count). The fourth-order valence-corrected chi connectivity index (χ4v) is 4.43. The molecule has 192 valence electrons. The van der Waals surface area contributed by atoms with Crippen LogP contribution in [0.3, 0.4) is 0 Å². The van der Waals surface area contributed by atoms with E-state index in [1.54, 1.807) is 0 Å². The number of hydrogen-bond acceptors (Lipinski definition) is 7. The third-order valence-electron chi connectivity index (χ3n) is 6.33. The molecule has 1 aliphatic heterocycles. The number of aliphatic hydroxyl groups excluding tert-OH is 3. The summed E-state index contributed by atoms with van der Waals surface area (Å²) in [4.78, 5) is 12.1. The quantitative estimate of drug-likeness (QED) is 0.338. The molecule has 0 saturated carbocycles. The van der Waals surface area contributed by atoms with Gasteiger partial charge < -0.3 is 25.2 Å². The molecular formula is C24H24F3N3O6. The molecule has 1 aromatic heterocycles. The molecule has 3 aromatic rings. The molecule has 6 atom stereocenters. The molecule has 0 spiro atoms. The smallest absolute Gasteiger partial charge is 0.309 e. The number of aliphatic hydroxyl groups is 3. The van der Waals surface area contributed by atoms with Crippen LogP contribution in [0.5, 0.6) is 0 Å². The first-order valence-corrected chi connectivity index (χ1v) is 11.2. The zero-order chi connectivity index (χ0) is 26.0. The number of ether oxygens (including phenoxy) is 1. The highest BCUT2D eigenvalue weighted by atomic mass is 19.2. The maximum absolute atomic E-state index is 13.7. The Morgan fingerprint density at radius 1 is 1.08 bits per heavy atom. The van der Waals surface area contributed by atoms with Crippen molar-refractivity contribution in [2.45, 2.75) is 43.3 Å². The number of aliphatic carboxylic acids is 1. The number of carbonyl (C=O) groups is 1. The topological polar surface area (TPSA) is 138 Å². The minimum atomic E-state index is -1.65. The van der Waals surface area contributed by atoms with Crippen molar-refractivity contribution in [1.29, 1.82) is 0 Å². The van der Waals surface area contributed by atoms with Gasteiger partial charge in [0, 0.05) is 5.56 Å². The summed E-state index contributed by atoms with van der Waals surface area (Å²) in [7, 11) is 0. The number of aromatic nitrogens is 3. The third-order valence-corrected chi connectivity index (χ3v) is 6.33. The Morgan fingerprint density at radius 2 is 1.75 bits per heavy atom. The Kier molecular flexibility index (Phi) is 7.69. The van der Waals surface area contributed by atoms with Crippen LogP contribution in [0.2, 0.25) is 0 Å². The average Bonchev–Trinajstić information content (AvgIpc) is 3.34. The van der Waals surface area contributed by atoms with E-state index in [2.05, 4.69) is 10.3 Å². The number of halogens is 3. The summed E-state index contributed by atoms with van der Waals surface area (Å²) in [5.41, 5.74) is 0.647. The summed E-state index contributed by atoms with van der Waals surface area (Å²) >= 11 is 0. The van der Waals surface area contributed by atoms with Gasteiger partial charge in [0.05, 0.1) is 24.8 Å². The normalized spacial score (nSPS) is 25.0. The van der Waals surface area contributed by atoms with Crippen molar-refractivity contribution in [3.63, 3.8) is 0 Å². The molecule has 3 unspecified atom stereocenters. The summed E-state index contributed by atoms with van der Waals surface area (Å²) in [6.45, 7) is -0.679. The van der Waals surface area contributed by atoms with Crippen molar-refractivity contribution in [1.82, 2.24) is 15.0 Å². The summed E-state index contributed by atoms with van der Waals surface area (Å²) in [5.74, 6) is -6.96. The summed E-state index contributed by atoms with van der Waals surface area (Å²) < 4.78 is 47.3. The van der Waals surface area contributed by atoms with Crippen LogP contribution in [0.15, 0.2) is 48.7 Å². The molecule has 2 heterocycles.